The molecule has 0 aliphatic carbocycles. The van der Waals surface area contributed by atoms with Gasteiger partial charge in [0.25, 0.3) is 5.56 Å². The van der Waals surface area contributed by atoms with Gasteiger partial charge in [-0.3, -0.25) is 19.1 Å². The number of nitrogens with zero attached hydrogens (tertiary/aromatic N) is 3. The maximum absolute atomic E-state index is 12.3. The summed E-state index contributed by atoms with van der Waals surface area (Å²) in [7, 11) is 0. The SMILES string of the molecule is CCCCn1c(N)c(N(CCC)CC(=O)NCCC#N)c(=O)[nH]c1=O. The molecule has 0 unspecified atom stereocenters. The molecule has 0 aliphatic heterocycles. The molecule has 138 valence electrons. The molecule has 0 saturated heterocycles. The lowest BCUT2D eigenvalue weighted by Crippen LogP contribution is -2.43. The Morgan fingerprint density at radius 3 is 2.68 bits per heavy atom. The van der Waals surface area contributed by atoms with E-state index < -0.39 is 11.2 Å². The number of hydrogen-bond acceptors (Lipinski definition) is 6. The van der Waals surface area contributed by atoms with Gasteiger partial charge in [0.1, 0.15) is 11.5 Å². The van der Waals surface area contributed by atoms with Crippen molar-refractivity contribution in [2.24, 2.45) is 0 Å². The van der Waals surface area contributed by atoms with Crippen LogP contribution in [0.2, 0.25) is 0 Å². The second-order valence-electron chi connectivity index (χ2n) is 5.68. The lowest BCUT2D eigenvalue weighted by molar-refractivity contribution is -0.119. The number of carbonyl (C=O) groups is 1. The predicted molar refractivity (Wildman–Crippen MR) is 96.4 cm³/mol. The number of aromatic nitrogens is 2. The fourth-order valence-electron chi connectivity index (χ4n) is 2.45. The monoisotopic (exact) mass is 350 g/mol. The highest BCUT2D eigenvalue weighted by molar-refractivity contribution is 5.82. The van der Waals surface area contributed by atoms with Crippen LogP contribution in [0.5, 0.6) is 0 Å². The molecule has 4 N–H and O–H groups in total. The minimum atomic E-state index is -0.603. The summed E-state index contributed by atoms with van der Waals surface area (Å²) in [5.74, 6) is -0.241. The number of nitrogens with two attached hydrogens (primary N) is 1. The molecular formula is C16H26N6O3. The number of rotatable bonds is 10. The van der Waals surface area contributed by atoms with Crippen molar-refractivity contribution >= 4 is 17.4 Å². The Morgan fingerprint density at radius 1 is 1.36 bits per heavy atom. The van der Waals surface area contributed by atoms with Crippen molar-refractivity contribution < 1.29 is 4.79 Å². The summed E-state index contributed by atoms with van der Waals surface area (Å²) in [6.45, 7) is 4.92. The molecule has 0 spiro atoms. The van der Waals surface area contributed by atoms with Gasteiger partial charge in [-0.15, -0.1) is 0 Å². The third-order valence-electron chi connectivity index (χ3n) is 3.65. The van der Waals surface area contributed by atoms with Crippen LogP contribution in [0.25, 0.3) is 0 Å². The number of amides is 1. The van der Waals surface area contributed by atoms with E-state index in [-0.39, 0.29) is 36.9 Å². The minimum absolute atomic E-state index is 0.0699. The maximum Gasteiger partial charge on any atom is 0.330 e. The molecule has 1 rings (SSSR count). The second kappa shape index (κ2) is 10.2. The van der Waals surface area contributed by atoms with E-state index in [9.17, 15) is 14.4 Å². The molecular weight excluding hydrogens is 324 g/mol. The highest BCUT2D eigenvalue weighted by Crippen LogP contribution is 2.17. The number of carbonyl (C=O) groups excluding carboxylic acids is 1. The molecule has 0 fully saturated rings. The van der Waals surface area contributed by atoms with Crippen molar-refractivity contribution in [1.82, 2.24) is 14.9 Å². The van der Waals surface area contributed by atoms with Crippen molar-refractivity contribution in [3.05, 3.63) is 20.8 Å². The molecule has 0 saturated carbocycles. The molecule has 0 radical (unpaired) electrons. The summed E-state index contributed by atoms with van der Waals surface area (Å²) in [5.41, 5.74) is 5.06. The van der Waals surface area contributed by atoms with Crippen molar-refractivity contribution in [2.45, 2.75) is 46.1 Å². The second-order valence-corrected chi connectivity index (χ2v) is 5.68. The van der Waals surface area contributed by atoms with Crippen LogP contribution in [0, 0.1) is 11.3 Å². The Bertz CT molecular complexity index is 731. The van der Waals surface area contributed by atoms with Crippen LogP contribution in [0.15, 0.2) is 9.59 Å². The Labute approximate surface area is 146 Å². The number of nitrogens with one attached hydrogen (secondary N) is 2. The lowest BCUT2D eigenvalue weighted by Gasteiger charge is -2.25. The van der Waals surface area contributed by atoms with Gasteiger partial charge in [-0.05, 0) is 12.8 Å². The average Bonchev–Trinajstić information content (AvgIpc) is 2.54. The van der Waals surface area contributed by atoms with E-state index in [1.54, 1.807) is 4.90 Å². The lowest BCUT2D eigenvalue weighted by atomic mass is 10.3. The third-order valence-corrected chi connectivity index (χ3v) is 3.65. The molecule has 25 heavy (non-hydrogen) atoms. The van der Waals surface area contributed by atoms with Gasteiger partial charge in [-0.2, -0.15) is 5.26 Å². The van der Waals surface area contributed by atoms with Crippen molar-refractivity contribution in [3.63, 3.8) is 0 Å². The standard InChI is InChI=1S/C16H26N6O3/c1-3-5-10-22-14(18)13(15(24)20-16(22)25)21(9-4-2)11-12(23)19-8-6-7-17/h3-6,8-11,18H2,1-2H3,(H,19,23)(H,20,24,25). The van der Waals surface area contributed by atoms with Gasteiger partial charge in [0, 0.05) is 19.6 Å². The number of H-pyrrole nitrogens is 1. The first-order valence-corrected chi connectivity index (χ1v) is 8.47. The van der Waals surface area contributed by atoms with E-state index in [0.717, 1.165) is 12.8 Å². The summed E-state index contributed by atoms with van der Waals surface area (Å²) in [5, 5.41) is 11.1. The summed E-state index contributed by atoms with van der Waals surface area (Å²) in [6.07, 6.45) is 2.53. The fraction of sp³-hybridized carbons (Fsp3) is 0.625. The number of nitriles is 1. The van der Waals surface area contributed by atoms with Crippen LogP contribution in [-0.4, -0.2) is 35.1 Å². The summed E-state index contributed by atoms with van der Waals surface area (Å²) >= 11 is 0. The molecule has 0 aliphatic rings. The number of unbranched alkanes of at least 4 members (excludes halogenated alkanes) is 1. The van der Waals surface area contributed by atoms with Gasteiger partial charge >= 0.3 is 5.69 Å². The zero-order chi connectivity index (χ0) is 18.8. The Balaban J connectivity index is 3.14. The number of nitrogen functional groups attached to an aromatic ring is 1. The van der Waals surface area contributed by atoms with E-state index in [1.165, 1.54) is 4.57 Å². The van der Waals surface area contributed by atoms with Crippen LogP contribution in [0.3, 0.4) is 0 Å². The van der Waals surface area contributed by atoms with Crippen molar-refractivity contribution in [3.8, 4) is 6.07 Å². The summed E-state index contributed by atoms with van der Waals surface area (Å²) in [4.78, 5) is 40.2. The molecule has 0 bridgehead atoms. The normalized spacial score (nSPS) is 10.3. The first-order valence-electron chi connectivity index (χ1n) is 8.47. The molecule has 0 atom stereocenters. The van der Waals surface area contributed by atoms with Gasteiger partial charge in [0.2, 0.25) is 5.91 Å². The quantitative estimate of drug-likeness (QED) is 0.514. The predicted octanol–water partition coefficient (Wildman–Crippen LogP) is 0.165. The topological polar surface area (TPSA) is 137 Å². The maximum atomic E-state index is 12.3. The summed E-state index contributed by atoms with van der Waals surface area (Å²) < 4.78 is 1.33. The van der Waals surface area contributed by atoms with Crippen molar-refractivity contribution in [2.75, 3.05) is 30.3 Å². The number of anilines is 2. The zero-order valence-electron chi connectivity index (χ0n) is 14.8. The van der Waals surface area contributed by atoms with Crippen LogP contribution in [0.4, 0.5) is 11.5 Å². The molecule has 0 aromatic carbocycles. The first kappa shape index (κ1) is 20.3. The molecule has 1 heterocycles. The Hall–Kier alpha value is -2.76. The fourth-order valence-corrected chi connectivity index (χ4v) is 2.45. The highest BCUT2D eigenvalue weighted by atomic mass is 16.2. The number of hydrogen-bond donors (Lipinski definition) is 3. The molecule has 1 aromatic rings. The first-order chi connectivity index (χ1) is 12.0. The summed E-state index contributed by atoms with van der Waals surface area (Å²) in [6, 6.07) is 1.94. The van der Waals surface area contributed by atoms with Gasteiger partial charge in [0.05, 0.1) is 19.0 Å². The molecule has 1 aromatic heterocycles. The molecule has 1 amide bonds. The minimum Gasteiger partial charge on any atom is -0.383 e. The van der Waals surface area contributed by atoms with Crippen LogP contribution in [-0.2, 0) is 11.3 Å². The van der Waals surface area contributed by atoms with Crippen LogP contribution in [0.1, 0.15) is 39.5 Å². The third kappa shape index (κ3) is 5.67. The van der Waals surface area contributed by atoms with Gasteiger partial charge in [0.15, 0.2) is 0 Å². The smallest absolute Gasteiger partial charge is 0.330 e. The van der Waals surface area contributed by atoms with Crippen molar-refractivity contribution in [1.29, 1.82) is 5.26 Å². The average molecular weight is 350 g/mol. The number of aromatic amines is 1. The van der Waals surface area contributed by atoms with E-state index in [1.807, 2.05) is 19.9 Å². The van der Waals surface area contributed by atoms with Gasteiger partial charge < -0.3 is 16.0 Å². The Morgan fingerprint density at radius 2 is 2.08 bits per heavy atom. The van der Waals surface area contributed by atoms with E-state index in [0.29, 0.717) is 19.5 Å². The Kier molecular flexibility index (Phi) is 8.26. The molecule has 9 nitrogen and oxygen atoms in total. The zero-order valence-corrected chi connectivity index (χ0v) is 14.8. The van der Waals surface area contributed by atoms with Gasteiger partial charge in [-0.1, -0.05) is 20.3 Å². The van der Waals surface area contributed by atoms with Gasteiger partial charge in [-0.25, -0.2) is 4.79 Å². The van der Waals surface area contributed by atoms with E-state index >= 15 is 0 Å². The van der Waals surface area contributed by atoms with E-state index in [4.69, 9.17) is 11.0 Å². The molecule has 9 heteroatoms. The van der Waals surface area contributed by atoms with E-state index in [2.05, 4.69) is 10.3 Å². The van der Waals surface area contributed by atoms with Crippen LogP contribution < -0.4 is 27.2 Å². The van der Waals surface area contributed by atoms with Crippen LogP contribution >= 0.6 is 0 Å². The highest BCUT2D eigenvalue weighted by Gasteiger charge is 2.20. The largest absolute Gasteiger partial charge is 0.383 e.